The molecule has 1 saturated heterocycles. The van der Waals surface area contributed by atoms with E-state index >= 15 is 0 Å². The number of ether oxygens (including phenoxy) is 1. The molecule has 2 N–H and O–H groups in total. The fourth-order valence-electron chi connectivity index (χ4n) is 3.10. The Morgan fingerprint density at radius 1 is 1.28 bits per heavy atom. The summed E-state index contributed by atoms with van der Waals surface area (Å²) in [5.74, 6) is -1.23. The second kappa shape index (κ2) is 7.06. The Bertz CT molecular complexity index is 764. The van der Waals surface area contributed by atoms with Crippen molar-refractivity contribution in [3.05, 3.63) is 47.8 Å². The molecule has 3 rings (SSSR count). The average molecular weight is 343 g/mol. The molecule has 0 radical (unpaired) electrons. The maximum atomic E-state index is 12.8. The number of hydrogen-bond donors (Lipinski definition) is 2. The van der Waals surface area contributed by atoms with E-state index in [0.717, 1.165) is 5.69 Å². The summed E-state index contributed by atoms with van der Waals surface area (Å²) in [7, 11) is 0. The molecule has 132 valence electrons. The fraction of sp³-hybridized carbons (Fsp3) is 0.389. The number of para-hydroxylation sites is 1. The van der Waals surface area contributed by atoms with Crippen molar-refractivity contribution in [2.75, 3.05) is 13.2 Å². The number of carbonyl (C=O) groups is 2. The number of aromatic nitrogens is 2. The van der Waals surface area contributed by atoms with Crippen molar-refractivity contribution < 1.29 is 19.4 Å². The zero-order chi connectivity index (χ0) is 17.9. The third-order valence-corrected chi connectivity index (χ3v) is 4.48. The minimum absolute atomic E-state index is 0.117. The Kier molecular flexibility index (Phi) is 4.85. The van der Waals surface area contributed by atoms with Gasteiger partial charge in [-0.1, -0.05) is 18.2 Å². The Labute approximate surface area is 145 Å². The van der Waals surface area contributed by atoms with Gasteiger partial charge in [-0.3, -0.25) is 9.59 Å². The maximum absolute atomic E-state index is 12.8. The van der Waals surface area contributed by atoms with Crippen LogP contribution in [0.3, 0.4) is 0 Å². The standard InChI is InChI=1S/C18H21N3O4/c1-13-15(12-21(20-13)14-5-3-2-4-6-14)17(24)19-18(11-16(22)23)7-9-25-10-8-18/h2-6,12H,7-11H2,1H3,(H,19,24)(H,22,23). The SMILES string of the molecule is Cc1nn(-c2ccccc2)cc1C(=O)NC1(CC(=O)O)CCOCC1. The number of carbonyl (C=O) groups excluding carboxylic acids is 1. The zero-order valence-corrected chi connectivity index (χ0v) is 14.1. The lowest BCUT2D eigenvalue weighted by Crippen LogP contribution is -2.53. The second-order valence-corrected chi connectivity index (χ2v) is 6.33. The normalized spacial score (nSPS) is 16.4. The number of nitrogens with zero attached hydrogens (tertiary/aromatic N) is 2. The van der Waals surface area contributed by atoms with Crippen LogP contribution in [-0.4, -0.2) is 45.5 Å². The van der Waals surface area contributed by atoms with Crippen LogP contribution < -0.4 is 5.32 Å². The Hall–Kier alpha value is -2.67. The topological polar surface area (TPSA) is 93.5 Å². The van der Waals surface area contributed by atoms with Crippen molar-refractivity contribution >= 4 is 11.9 Å². The van der Waals surface area contributed by atoms with Gasteiger partial charge in [-0.2, -0.15) is 5.10 Å². The van der Waals surface area contributed by atoms with Gasteiger partial charge in [0, 0.05) is 19.4 Å². The number of benzene rings is 1. The predicted octanol–water partition coefficient (Wildman–Crippen LogP) is 1.93. The van der Waals surface area contributed by atoms with Crippen molar-refractivity contribution in [3.8, 4) is 5.69 Å². The number of amides is 1. The zero-order valence-electron chi connectivity index (χ0n) is 14.1. The molecule has 1 fully saturated rings. The molecule has 0 aliphatic carbocycles. The van der Waals surface area contributed by atoms with Crippen LogP contribution in [0.2, 0.25) is 0 Å². The molecule has 0 saturated carbocycles. The van der Waals surface area contributed by atoms with Gasteiger partial charge in [0.1, 0.15) is 0 Å². The molecule has 0 spiro atoms. The average Bonchev–Trinajstić information content (AvgIpc) is 2.97. The summed E-state index contributed by atoms with van der Waals surface area (Å²) in [6, 6.07) is 9.51. The van der Waals surface area contributed by atoms with E-state index in [2.05, 4.69) is 10.4 Å². The fourth-order valence-corrected chi connectivity index (χ4v) is 3.10. The Morgan fingerprint density at radius 3 is 2.60 bits per heavy atom. The molecular weight excluding hydrogens is 322 g/mol. The molecule has 1 aliphatic heterocycles. The maximum Gasteiger partial charge on any atom is 0.305 e. The molecular formula is C18H21N3O4. The first-order valence-electron chi connectivity index (χ1n) is 8.23. The molecule has 7 heteroatoms. The number of nitrogens with one attached hydrogen (secondary N) is 1. The highest BCUT2D eigenvalue weighted by Crippen LogP contribution is 2.25. The van der Waals surface area contributed by atoms with Crippen molar-refractivity contribution in [1.82, 2.24) is 15.1 Å². The predicted molar refractivity (Wildman–Crippen MR) is 90.8 cm³/mol. The minimum atomic E-state index is -0.932. The third kappa shape index (κ3) is 3.88. The highest BCUT2D eigenvalue weighted by Gasteiger charge is 2.37. The first-order chi connectivity index (χ1) is 12.0. The van der Waals surface area contributed by atoms with Gasteiger partial charge in [0.2, 0.25) is 0 Å². The van der Waals surface area contributed by atoms with Crippen molar-refractivity contribution in [2.24, 2.45) is 0 Å². The van der Waals surface area contributed by atoms with Crippen LogP contribution in [0.1, 0.15) is 35.3 Å². The quantitative estimate of drug-likeness (QED) is 0.865. The number of hydrogen-bond acceptors (Lipinski definition) is 4. The van der Waals surface area contributed by atoms with Crippen LogP contribution in [0.5, 0.6) is 0 Å². The molecule has 7 nitrogen and oxygen atoms in total. The van der Waals surface area contributed by atoms with Crippen LogP contribution in [0.15, 0.2) is 36.5 Å². The van der Waals surface area contributed by atoms with E-state index in [1.807, 2.05) is 30.3 Å². The van der Waals surface area contributed by atoms with Crippen molar-refractivity contribution in [3.63, 3.8) is 0 Å². The van der Waals surface area contributed by atoms with Gasteiger partial charge in [-0.05, 0) is 31.9 Å². The molecule has 1 aromatic heterocycles. The van der Waals surface area contributed by atoms with Crippen LogP contribution in [0.25, 0.3) is 5.69 Å². The van der Waals surface area contributed by atoms with E-state index in [4.69, 9.17) is 4.74 Å². The summed E-state index contributed by atoms with van der Waals surface area (Å²) in [5.41, 5.74) is 1.12. The first kappa shape index (κ1) is 17.2. The van der Waals surface area contributed by atoms with Crippen LogP contribution in [-0.2, 0) is 9.53 Å². The summed E-state index contributed by atoms with van der Waals surface area (Å²) in [6.45, 7) is 2.65. The Balaban J connectivity index is 1.82. The highest BCUT2D eigenvalue weighted by molar-refractivity contribution is 5.96. The number of rotatable bonds is 5. The third-order valence-electron chi connectivity index (χ3n) is 4.48. The molecule has 2 aromatic rings. The first-order valence-corrected chi connectivity index (χ1v) is 8.23. The van der Waals surface area contributed by atoms with E-state index < -0.39 is 11.5 Å². The molecule has 25 heavy (non-hydrogen) atoms. The largest absolute Gasteiger partial charge is 0.481 e. The van der Waals surface area contributed by atoms with Gasteiger partial charge < -0.3 is 15.2 Å². The summed E-state index contributed by atoms with van der Waals surface area (Å²) >= 11 is 0. The molecule has 1 aliphatic rings. The minimum Gasteiger partial charge on any atom is -0.481 e. The van der Waals surface area contributed by atoms with Gasteiger partial charge in [-0.15, -0.1) is 0 Å². The second-order valence-electron chi connectivity index (χ2n) is 6.33. The summed E-state index contributed by atoms with van der Waals surface area (Å²) in [5, 5.41) is 16.5. The molecule has 0 bridgehead atoms. The van der Waals surface area contributed by atoms with Crippen LogP contribution in [0, 0.1) is 6.92 Å². The molecule has 1 aromatic carbocycles. The number of aryl methyl sites for hydroxylation is 1. The van der Waals surface area contributed by atoms with Crippen LogP contribution >= 0.6 is 0 Å². The van der Waals surface area contributed by atoms with E-state index in [0.29, 0.717) is 37.3 Å². The highest BCUT2D eigenvalue weighted by atomic mass is 16.5. The van der Waals surface area contributed by atoms with Gasteiger partial charge >= 0.3 is 5.97 Å². The lowest BCUT2D eigenvalue weighted by Gasteiger charge is -2.36. The van der Waals surface area contributed by atoms with Crippen molar-refractivity contribution in [2.45, 2.75) is 31.7 Å². The monoisotopic (exact) mass is 343 g/mol. The molecule has 1 amide bonds. The van der Waals surface area contributed by atoms with Gasteiger partial charge in [0.15, 0.2) is 0 Å². The molecule has 0 unspecified atom stereocenters. The van der Waals surface area contributed by atoms with E-state index in [9.17, 15) is 14.7 Å². The summed E-state index contributed by atoms with van der Waals surface area (Å²) in [6.07, 6.45) is 2.52. The molecule has 0 atom stereocenters. The van der Waals surface area contributed by atoms with E-state index in [1.54, 1.807) is 17.8 Å². The van der Waals surface area contributed by atoms with Gasteiger partial charge in [0.05, 0.1) is 28.9 Å². The van der Waals surface area contributed by atoms with Gasteiger partial charge in [-0.25, -0.2) is 4.68 Å². The molecule has 2 heterocycles. The number of aliphatic carboxylic acids is 1. The van der Waals surface area contributed by atoms with E-state index in [1.165, 1.54) is 0 Å². The number of carboxylic acid groups (broad SMARTS) is 1. The van der Waals surface area contributed by atoms with Crippen molar-refractivity contribution in [1.29, 1.82) is 0 Å². The van der Waals surface area contributed by atoms with Gasteiger partial charge in [0.25, 0.3) is 5.91 Å². The van der Waals surface area contributed by atoms with E-state index in [-0.39, 0.29) is 12.3 Å². The lowest BCUT2D eigenvalue weighted by molar-refractivity contribution is -0.139. The smallest absolute Gasteiger partial charge is 0.305 e. The Morgan fingerprint density at radius 2 is 1.96 bits per heavy atom. The number of carboxylic acids is 1. The summed E-state index contributed by atoms with van der Waals surface area (Å²) < 4.78 is 6.97. The summed E-state index contributed by atoms with van der Waals surface area (Å²) in [4.78, 5) is 24.0. The van der Waals surface area contributed by atoms with Crippen LogP contribution in [0.4, 0.5) is 0 Å². The lowest BCUT2D eigenvalue weighted by atomic mass is 9.86.